The van der Waals surface area contributed by atoms with Crippen molar-refractivity contribution in [1.29, 1.82) is 0 Å². The highest BCUT2D eigenvalue weighted by molar-refractivity contribution is 9.11. The highest BCUT2D eigenvalue weighted by Crippen LogP contribution is 2.27. The fourth-order valence-corrected chi connectivity index (χ4v) is 3.98. The Bertz CT molecular complexity index is 436. The van der Waals surface area contributed by atoms with E-state index in [2.05, 4.69) is 74.1 Å². The van der Waals surface area contributed by atoms with Crippen LogP contribution in [0.15, 0.2) is 27.1 Å². The molecule has 20 heavy (non-hydrogen) atoms. The summed E-state index contributed by atoms with van der Waals surface area (Å²) < 4.78 is 7.63. The summed E-state index contributed by atoms with van der Waals surface area (Å²) in [4.78, 5) is 2.46. The van der Waals surface area contributed by atoms with Crippen LogP contribution in [-0.4, -0.2) is 43.8 Å². The van der Waals surface area contributed by atoms with Crippen LogP contribution in [0.4, 0.5) is 0 Å². The lowest BCUT2D eigenvalue weighted by atomic mass is 10.1. The average Bonchev–Trinajstić information content (AvgIpc) is 2.39. The van der Waals surface area contributed by atoms with Gasteiger partial charge in [0, 0.05) is 40.7 Å². The van der Waals surface area contributed by atoms with Crippen molar-refractivity contribution < 1.29 is 4.74 Å². The van der Waals surface area contributed by atoms with Crippen LogP contribution in [-0.2, 0) is 4.74 Å². The molecule has 0 aliphatic carbocycles. The van der Waals surface area contributed by atoms with Crippen molar-refractivity contribution in [1.82, 2.24) is 10.2 Å². The molecule has 1 N–H and O–H groups in total. The second-order valence-corrected chi connectivity index (χ2v) is 7.14. The van der Waals surface area contributed by atoms with E-state index in [4.69, 9.17) is 4.74 Å². The number of nitrogens with one attached hydrogen (secondary N) is 1. The van der Waals surface area contributed by atoms with Gasteiger partial charge < -0.3 is 10.1 Å². The molecule has 1 aliphatic heterocycles. The smallest absolute Gasteiger partial charge is 0.0594 e. The van der Waals surface area contributed by atoms with E-state index >= 15 is 0 Å². The molecule has 1 aromatic rings. The van der Waals surface area contributed by atoms with Crippen molar-refractivity contribution >= 4 is 31.9 Å². The maximum atomic E-state index is 5.39. The largest absolute Gasteiger partial charge is 0.379 e. The lowest BCUT2D eigenvalue weighted by Gasteiger charge is -2.31. The zero-order chi connectivity index (χ0) is 14.5. The molecule has 2 rings (SSSR count). The van der Waals surface area contributed by atoms with E-state index < -0.39 is 0 Å². The van der Waals surface area contributed by atoms with Gasteiger partial charge in [0.1, 0.15) is 0 Å². The van der Waals surface area contributed by atoms with E-state index in [0.29, 0.717) is 12.1 Å². The average molecular weight is 406 g/mol. The molecule has 2 atom stereocenters. The van der Waals surface area contributed by atoms with Crippen LogP contribution in [0.2, 0.25) is 0 Å². The minimum absolute atomic E-state index is 0.327. The first-order valence-corrected chi connectivity index (χ1v) is 8.66. The predicted octanol–water partition coefficient (Wildman–Crippen LogP) is 3.58. The molecule has 5 heteroatoms. The van der Waals surface area contributed by atoms with Gasteiger partial charge in [0.15, 0.2) is 0 Å². The number of rotatable bonds is 5. The molecule has 1 aliphatic rings. The van der Waals surface area contributed by atoms with Gasteiger partial charge in [0.2, 0.25) is 0 Å². The third-order valence-electron chi connectivity index (χ3n) is 3.60. The van der Waals surface area contributed by atoms with E-state index in [1.165, 1.54) is 5.56 Å². The van der Waals surface area contributed by atoms with Gasteiger partial charge in [-0.3, -0.25) is 4.90 Å². The van der Waals surface area contributed by atoms with Crippen molar-refractivity contribution in [3.05, 3.63) is 32.7 Å². The number of halogens is 2. The SMILES string of the molecule is CC(CN1CCOCC1)NC(C)c1ccc(Br)cc1Br. The number of hydrogen-bond donors (Lipinski definition) is 1. The topological polar surface area (TPSA) is 24.5 Å². The van der Waals surface area contributed by atoms with Crippen LogP contribution < -0.4 is 5.32 Å². The molecule has 0 radical (unpaired) electrons. The first kappa shape index (κ1) is 16.4. The van der Waals surface area contributed by atoms with Crippen molar-refractivity contribution in [3.63, 3.8) is 0 Å². The number of ether oxygens (including phenoxy) is 1. The van der Waals surface area contributed by atoms with E-state index in [0.717, 1.165) is 41.8 Å². The molecular formula is C15H22Br2N2O. The number of benzene rings is 1. The zero-order valence-electron chi connectivity index (χ0n) is 12.0. The van der Waals surface area contributed by atoms with Crippen LogP contribution in [0.3, 0.4) is 0 Å². The molecule has 1 saturated heterocycles. The Morgan fingerprint density at radius 1 is 1.25 bits per heavy atom. The van der Waals surface area contributed by atoms with Gasteiger partial charge in [-0.2, -0.15) is 0 Å². The number of hydrogen-bond acceptors (Lipinski definition) is 3. The van der Waals surface area contributed by atoms with Crippen LogP contribution in [0.1, 0.15) is 25.5 Å². The van der Waals surface area contributed by atoms with Crippen molar-refractivity contribution in [2.24, 2.45) is 0 Å². The first-order valence-electron chi connectivity index (χ1n) is 7.07. The number of morpholine rings is 1. The molecule has 0 saturated carbocycles. The molecule has 0 amide bonds. The lowest BCUT2D eigenvalue weighted by Crippen LogP contribution is -2.45. The van der Waals surface area contributed by atoms with Crippen LogP contribution in [0.5, 0.6) is 0 Å². The second kappa shape index (κ2) is 7.90. The fourth-order valence-electron chi connectivity index (χ4n) is 2.59. The van der Waals surface area contributed by atoms with Gasteiger partial charge in [-0.15, -0.1) is 0 Å². The van der Waals surface area contributed by atoms with Crippen molar-refractivity contribution in [3.8, 4) is 0 Å². The molecule has 1 fully saturated rings. The van der Waals surface area contributed by atoms with Crippen molar-refractivity contribution in [2.45, 2.75) is 25.9 Å². The summed E-state index contributed by atoms with van der Waals surface area (Å²) in [5, 5.41) is 3.68. The van der Waals surface area contributed by atoms with Gasteiger partial charge in [-0.05, 0) is 31.5 Å². The summed E-state index contributed by atoms with van der Waals surface area (Å²) in [5.74, 6) is 0. The normalized spacial score (nSPS) is 19.8. The third-order valence-corrected chi connectivity index (χ3v) is 4.78. The Morgan fingerprint density at radius 3 is 2.60 bits per heavy atom. The molecule has 1 heterocycles. The standard InChI is InChI=1S/C15H22Br2N2O/c1-11(10-19-5-7-20-8-6-19)18-12(2)14-4-3-13(16)9-15(14)17/h3-4,9,11-12,18H,5-8,10H2,1-2H3. The molecule has 0 aromatic heterocycles. The Morgan fingerprint density at radius 2 is 1.95 bits per heavy atom. The Balaban J connectivity index is 1.87. The maximum Gasteiger partial charge on any atom is 0.0594 e. The number of nitrogens with zero attached hydrogens (tertiary/aromatic N) is 1. The van der Waals surface area contributed by atoms with Crippen molar-refractivity contribution in [2.75, 3.05) is 32.8 Å². The third kappa shape index (κ3) is 4.81. The summed E-state index contributed by atoms with van der Waals surface area (Å²) in [6.07, 6.45) is 0. The fraction of sp³-hybridized carbons (Fsp3) is 0.600. The van der Waals surface area contributed by atoms with E-state index in [-0.39, 0.29) is 0 Å². The van der Waals surface area contributed by atoms with Gasteiger partial charge >= 0.3 is 0 Å². The zero-order valence-corrected chi connectivity index (χ0v) is 15.2. The van der Waals surface area contributed by atoms with Gasteiger partial charge in [0.25, 0.3) is 0 Å². The monoisotopic (exact) mass is 404 g/mol. The molecular weight excluding hydrogens is 384 g/mol. The Kier molecular flexibility index (Phi) is 6.49. The van der Waals surface area contributed by atoms with E-state index in [1.807, 2.05) is 0 Å². The Hall–Kier alpha value is 0.0600. The summed E-state index contributed by atoms with van der Waals surface area (Å²) >= 11 is 7.13. The molecule has 2 unspecified atom stereocenters. The first-order chi connectivity index (χ1) is 9.56. The van der Waals surface area contributed by atoms with Gasteiger partial charge in [0.05, 0.1) is 13.2 Å². The molecule has 112 valence electrons. The molecule has 0 bridgehead atoms. The lowest BCUT2D eigenvalue weighted by molar-refractivity contribution is 0.0339. The highest BCUT2D eigenvalue weighted by Gasteiger charge is 2.16. The summed E-state index contributed by atoms with van der Waals surface area (Å²) in [7, 11) is 0. The highest BCUT2D eigenvalue weighted by atomic mass is 79.9. The van der Waals surface area contributed by atoms with Crippen LogP contribution >= 0.6 is 31.9 Å². The second-order valence-electron chi connectivity index (χ2n) is 5.37. The summed E-state index contributed by atoms with van der Waals surface area (Å²) in [6, 6.07) is 7.13. The van der Waals surface area contributed by atoms with Gasteiger partial charge in [-0.25, -0.2) is 0 Å². The predicted molar refractivity (Wildman–Crippen MR) is 90.1 cm³/mol. The maximum absolute atomic E-state index is 5.39. The quantitative estimate of drug-likeness (QED) is 0.810. The minimum Gasteiger partial charge on any atom is -0.379 e. The molecule has 3 nitrogen and oxygen atoms in total. The summed E-state index contributed by atoms with van der Waals surface area (Å²) in [6.45, 7) is 9.34. The van der Waals surface area contributed by atoms with Crippen LogP contribution in [0.25, 0.3) is 0 Å². The molecule has 0 spiro atoms. The molecule has 1 aromatic carbocycles. The van der Waals surface area contributed by atoms with Crippen LogP contribution in [0, 0.1) is 0 Å². The minimum atomic E-state index is 0.327. The van der Waals surface area contributed by atoms with Gasteiger partial charge in [-0.1, -0.05) is 37.9 Å². The Labute approximate surface area is 138 Å². The summed E-state index contributed by atoms with van der Waals surface area (Å²) in [5.41, 5.74) is 1.29. The van der Waals surface area contributed by atoms with E-state index in [1.54, 1.807) is 0 Å². The van der Waals surface area contributed by atoms with E-state index in [9.17, 15) is 0 Å².